The van der Waals surface area contributed by atoms with E-state index in [0.29, 0.717) is 18.3 Å². The lowest BCUT2D eigenvalue weighted by Gasteiger charge is -2.60. The van der Waals surface area contributed by atoms with Crippen LogP contribution in [0.3, 0.4) is 0 Å². The number of rotatable bonds is 4. The number of nitrogens with zero attached hydrogens (tertiary/aromatic N) is 1. The molecule has 134 valence electrons. The van der Waals surface area contributed by atoms with E-state index in [1.165, 1.54) is 6.42 Å². The van der Waals surface area contributed by atoms with Crippen LogP contribution >= 0.6 is 0 Å². The van der Waals surface area contributed by atoms with Gasteiger partial charge in [-0.1, -0.05) is 27.7 Å². The Morgan fingerprint density at radius 3 is 1.96 bits per heavy atom. The molecule has 4 bridgehead atoms. The number of carbonyl (C=O) groups excluding carboxylic acids is 1. The molecule has 24 heavy (non-hydrogen) atoms. The van der Waals surface area contributed by atoms with Crippen molar-refractivity contribution < 1.29 is 9.53 Å². The molecule has 1 unspecified atom stereocenters. The van der Waals surface area contributed by atoms with Gasteiger partial charge in [0.2, 0.25) is 0 Å². The van der Waals surface area contributed by atoms with Crippen LogP contribution in [0.5, 0.6) is 0 Å². The minimum Gasteiger partial charge on any atom is -0.457 e. The topological polar surface area (TPSA) is 50.1 Å². The van der Waals surface area contributed by atoms with Crippen molar-refractivity contribution >= 4 is 5.97 Å². The van der Waals surface area contributed by atoms with E-state index in [9.17, 15) is 10.1 Å². The maximum absolute atomic E-state index is 13.3. The first-order chi connectivity index (χ1) is 11.2. The number of esters is 1. The van der Waals surface area contributed by atoms with Crippen LogP contribution in [-0.2, 0) is 9.53 Å². The summed E-state index contributed by atoms with van der Waals surface area (Å²) in [6, 6.07) is 2.37. The van der Waals surface area contributed by atoms with Crippen molar-refractivity contribution in [2.45, 2.75) is 85.2 Å². The molecule has 0 saturated heterocycles. The normalized spacial score (nSPS) is 40.0. The van der Waals surface area contributed by atoms with Crippen molar-refractivity contribution in [3.63, 3.8) is 0 Å². The van der Waals surface area contributed by atoms with E-state index in [2.05, 4.69) is 33.8 Å². The second-order valence-corrected chi connectivity index (χ2v) is 9.92. The Bertz CT molecular complexity index is 525. The third-order valence-electron chi connectivity index (χ3n) is 7.97. The van der Waals surface area contributed by atoms with Crippen molar-refractivity contribution in [1.29, 1.82) is 5.26 Å². The summed E-state index contributed by atoms with van der Waals surface area (Å²) in [5.74, 6) is 2.33. The van der Waals surface area contributed by atoms with Gasteiger partial charge in [-0.05, 0) is 62.7 Å². The molecule has 4 saturated carbocycles. The van der Waals surface area contributed by atoms with Crippen LogP contribution in [-0.4, -0.2) is 11.6 Å². The van der Waals surface area contributed by atoms with Crippen LogP contribution in [0.1, 0.15) is 79.6 Å². The first-order valence-electron chi connectivity index (χ1n) is 9.76. The van der Waals surface area contributed by atoms with Gasteiger partial charge in [0.15, 0.2) is 0 Å². The lowest BCUT2D eigenvalue weighted by Crippen LogP contribution is -2.61. The second-order valence-electron chi connectivity index (χ2n) is 9.92. The third-order valence-corrected chi connectivity index (χ3v) is 7.97. The fourth-order valence-corrected chi connectivity index (χ4v) is 5.86. The minimum atomic E-state index is -0.513. The van der Waals surface area contributed by atoms with Crippen molar-refractivity contribution in [2.24, 2.45) is 34.5 Å². The van der Waals surface area contributed by atoms with Crippen LogP contribution < -0.4 is 0 Å². The van der Waals surface area contributed by atoms with E-state index in [4.69, 9.17) is 4.74 Å². The maximum Gasteiger partial charge on any atom is 0.312 e. The Labute approximate surface area is 147 Å². The van der Waals surface area contributed by atoms with Crippen LogP contribution in [0.15, 0.2) is 0 Å². The van der Waals surface area contributed by atoms with E-state index in [1.807, 2.05) is 6.92 Å². The average molecular weight is 332 g/mol. The SMILES string of the molecule is CCC(C)(C(=O)OC1(CC#N)C2CC3CC(C2)CC1C3)C(C)(C)C. The predicted octanol–water partition coefficient (Wildman–Crippen LogP) is 5.10. The molecule has 4 fully saturated rings. The van der Waals surface area contributed by atoms with E-state index in [0.717, 1.165) is 43.9 Å². The van der Waals surface area contributed by atoms with E-state index < -0.39 is 11.0 Å². The van der Waals surface area contributed by atoms with Gasteiger partial charge in [0.05, 0.1) is 17.9 Å². The van der Waals surface area contributed by atoms with Crippen LogP contribution in [0.4, 0.5) is 0 Å². The molecule has 3 heteroatoms. The average Bonchev–Trinajstić information content (AvgIpc) is 2.49. The quantitative estimate of drug-likeness (QED) is 0.673. The minimum absolute atomic E-state index is 0.0831. The van der Waals surface area contributed by atoms with Gasteiger partial charge in [0.25, 0.3) is 0 Å². The van der Waals surface area contributed by atoms with Gasteiger partial charge >= 0.3 is 5.97 Å². The molecule has 3 nitrogen and oxygen atoms in total. The lowest BCUT2D eigenvalue weighted by atomic mass is 9.49. The number of nitriles is 1. The summed E-state index contributed by atoms with van der Waals surface area (Å²) in [6.45, 7) is 10.5. The zero-order valence-corrected chi connectivity index (χ0v) is 16.0. The van der Waals surface area contributed by atoms with Gasteiger partial charge in [0.1, 0.15) is 5.60 Å². The van der Waals surface area contributed by atoms with Gasteiger partial charge in [-0.2, -0.15) is 5.26 Å². The van der Waals surface area contributed by atoms with Gasteiger partial charge in [-0.25, -0.2) is 0 Å². The van der Waals surface area contributed by atoms with Gasteiger partial charge in [0, 0.05) is 11.8 Å². The highest BCUT2D eigenvalue weighted by molar-refractivity contribution is 5.78. The standard InChI is InChI=1S/C21H33NO2/c1-6-20(5,19(2,3)4)18(23)24-21(7-8-22)16-10-14-9-15(12-16)13-17(21)11-14/h14-17H,6-7,9-13H2,1-5H3. The Morgan fingerprint density at radius 1 is 1.08 bits per heavy atom. The molecular formula is C21H33NO2. The zero-order chi connectivity index (χ0) is 17.8. The van der Waals surface area contributed by atoms with Crippen LogP contribution in [0, 0.1) is 45.8 Å². The molecule has 1 atom stereocenters. The van der Waals surface area contributed by atoms with Gasteiger partial charge in [-0.3, -0.25) is 4.79 Å². The van der Waals surface area contributed by atoms with Crippen molar-refractivity contribution in [3.8, 4) is 6.07 Å². The van der Waals surface area contributed by atoms with Crippen LogP contribution in [0.2, 0.25) is 0 Å². The monoisotopic (exact) mass is 331 g/mol. The molecule has 0 amide bonds. The summed E-state index contributed by atoms with van der Waals surface area (Å²) in [5, 5.41) is 9.51. The summed E-state index contributed by atoms with van der Waals surface area (Å²) >= 11 is 0. The molecule has 4 aliphatic carbocycles. The Balaban J connectivity index is 1.90. The smallest absolute Gasteiger partial charge is 0.312 e. The Morgan fingerprint density at radius 2 is 1.58 bits per heavy atom. The first kappa shape index (κ1) is 17.8. The van der Waals surface area contributed by atoms with Crippen molar-refractivity contribution in [1.82, 2.24) is 0 Å². The summed E-state index contributed by atoms with van der Waals surface area (Å²) in [5.41, 5.74) is -1.18. The summed E-state index contributed by atoms with van der Waals surface area (Å²) in [4.78, 5) is 13.3. The highest BCUT2D eigenvalue weighted by Gasteiger charge is 2.60. The molecule has 0 spiro atoms. The maximum atomic E-state index is 13.3. The first-order valence-corrected chi connectivity index (χ1v) is 9.76. The number of ether oxygens (including phenoxy) is 1. The number of hydrogen-bond donors (Lipinski definition) is 0. The highest BCUT2D eigenvalue weighted by Crippen LogP contribution is 2.61. The molecule has 0 heterocycles. The molecule has 0 aromatic carbocycles. The van der Waals surface area contributed by atoms with Gasteiger partial charge in [-0.15, -0.1) is 0 Å². The number of carbonyl (C=O) groups is 1. The van der Waals surface area contributed by atoms with Crippen LogP contribution in [0.25, 0.3) is 0 Å². The van der Waals surface area contributed by atoms with Crippen molar-refractivity contribution in [3.05, 3.63) is 0 Å². The molecular weight excluding hydrogens is 298 g/mol. The van der Waals surface area contributed by atoms with Gasteiger partial charge < -0.3 is 4.74 Å². The molecule has 4 rings (SSSR count). The Hall–Kier alpha value is -1.04. The summed E-state index contributed by atoms with van der Waals surface area (Å²) < 4.78 is 6.38. The molecule has 0 N–H and O–H groups in total. The molecule has 0 aromatic rings. The fraction of sp³-hybridized carbons (Fsp3) is 0.905. The van der Waals surface area contributed by atoms with E-state index in [-0.39, 0.29) is 11.4 Å². The molecule has 0 radical (unpaired) electrons. The third kappa shape index (κ3) is 2.49. The van der Waals surface area contributed by atoms with E-state index in [1.54, 1.807) is 0 Å². The van der Waals surface area contributed by atoms with E-state index >= 15 is 0 Å². The summed E-state index contributed by atoms with van der Waals surface area (Å²) in [6.07, 6.45) is 7.11. The van der Waals surface area contributed by atoms with Crippen molar-refractivity contribution in [2.75, 3.05) is 0 Å². The zero-order valence-electron chi connectivity index (χ0n) is 16.0. The second kappa shape index (κ2) is 5.75. The highest BCUT2D eigenvalue weighted by atomic mass is 16.6. The summed E-state index contributed by atoms with van der Waals surface area (Å²) in [7, 11) is 0. The Kier molecular flexibility index (Phi) is 4.26. The number of hydrogen-bond acceptors (Lipinski definition) is 3. The molecule has 0 aliphatic heterocycles. The lowest BCUT2D eigenvalue weighted by molar-refractivity contribution is -0.221. The fourth-order valence-electron chi connectivity index (χ4n) is 5.86. The molecule has 4 aliphatic rings. The predicted molar refractivity (Wildman–Crippen MR) is 94.0 cm³/mol. The largest absolute Gasteiger partial charge is 0.457 e. The molecule has 0 aromatic heterocycles.